The Labute approximate surface area is 268 Å². The first kappa shape index (κ1) is 27.2. The number of carbonyl (C=O) groups excluding carboxylic acids is 1. The zero-order valence-corrected chi connectivity index (χ0v) is 25.1. The van der Waals surface area contributed by atoms with Crippen LogP contribution >= 0.6 is 11.3 Å². The summed E-state index contributed by atoms with van der Waals surface area (Å²) in [6.07, 6.45) is 3.59. The zero-order valence-electron chi connectivity index (χ0n) is 24.3. The van der Waals surface area contributed by atoms with Gasteiger partial charge in [0.1, 0.15) is 28.5 Å². The van der Waals surface area contributed by atoms with Crippen molar-refractivity contribution in [1.82, 2.24) is 4.98 Å². The van der Waals surface area contributed by atoms with Gasteiger partial charge in [0.25, 0.3) is 0 Å². The zero-order chi connectivity index (χ0) is 31.2. The van der Waals surface area contributed by atoms with Crippen LogP contribution in [0.15, 0.2) is 139 Å². The quantitative estimate of drug-likeness (QED) is 0.113. The van der Waals surface area contributed by atoms with Crippen LogP contribution in [-0.2, 0) is 0 Å². The number of anilines is 3. The third-order valence-corrected chi connectivity index (χ3v) is 9.40. The molecule has 7 aromatic rings. The highest BCUT2D eigenvalue weighted by Gasteiger charge is 2.36. The number of allylic oxidation sites excluding steroid dienone is 3. The number of nitriles is 2. The third kappa shape index (κ3) is 4.29. The summed E-state index contributed by atoms with van der Waals surface area (Å²) in [6, 6.07) is 44.2. The molecule has 0 atom stereocenters. The van der Waals surface area contributed by atoms with Crippen LogP contribution < -0.4 is 4.90 Å². The number of rotatable bonds is 4. The second-order valence-corrected chi connectivity index (χ2v) is 12.0. The molecule has 0 bridgehead atoms. The van der Waals surface area contributed by atoms with Crippen molar-refractivity contribution >= 4 is 77.6 Å². The highest BCUT2D eigenvalue weighted by molar-refractivity contribution is 7.17. The number of thiophene rings is 1. The molecule has 0 saturated carbocycles. The van der Waals surface area contributed by atoms with Crippen molar-refractivity contribution in [3.05, 3.63) is 155 Å². The lowest BCUT2D eigenvalue weighted by Crippen LogP contribution is -2.09. The number of ketones is 1. The Hall–Kier alpha value is -6.34. The predicted octanol–water partition coefficient (Wildman–Crippen LogP) is 10.2. The van der Waals surface area contributed by atoms with Crippen molar-refractivity contribution in [2.75, 3.05) is 4.90 Å². The van der Waals surface area contributed by atoms with Gasteiger partial charge in [0.2, 0.25) is 0 Å². The average molecular weight is 607 g/mol. The fraction of sp³-hybridized carbons (Fsp3) is 0. The molecule has 5 nitrogen and oxygen atoms in total. The second-order valence-electron chi connectivity index (χ2n) is 10.9. The van der Waals surface area contributed by atoms with Gasteiger partial charge >= 0.3 is 0 Å². The lowest BCUT2D eigenvalue weighted by Gasteiger charge is -2.22. The molecule has 214 valence electrons. The van der Waals surface area contributed by atoms with Crippen molar-refractivity contribution in [1.29, 1.82) is 10.5 Å². The van der Waals surface area contributed by atoms with Gasteiger partial charge in [0, 0.05) is 39.0 Å². The summed E-state index contributed by atoms with van der Waals surface area (Å²) in [4.78, 5) is 21.9. The number of fused-ring (bicyclic) bond motifs is 7. The standard InChI is InChI=1S/C40H22N4OS/c41-23-27(24-42)37-34(40(45)39-33-14-6-4-12-31(33)30-11-3-5-13-32(30)38(37)39)22-29-18-19-36(46-29)44(35-15-7-8-20-43-35)28-17-16-25-9-1-2-10-26(25)21-28/h1-22H/b34-22+. The van der Waals surface area contributed by atoms with E-state index in [1.54, 1.807) is 6.20 Å². The van der Waals surface area contributed by atoms with Crippen molar-refractivity contribution < 1.29 is 4.79 Å². The van der Waals surface area contributed by atoms with E-state index in [-0.39, 0.29) is 11.4 Å². The van der Waals surface area contributed by atoms with Gasteiger partial charge in [-0.2, -0.15) is 10.5 Å². The molecule has 0 radical (unpaired) electrons. The summed E-state index contributed by atoms with van der Waals surface area (Å²) in [5.41, 5.74) is 2.78. The number of aromatic nitrogens is 1. The third-order valence-electron chi connectivity index (χ3n) is 8.39. The van der Waals surface area contributed by atoms with E-state index in [9.17, 15) is 15.3 Å². The highest BCUT2D eigenvalue weighted by Crippen LogP contribution is 2.48. The van der Waals surface area contributed by atoms with Crippen molar-refractivity contribution in [3.8, 4) is 12.1 Å². The number of hydrogen-bond acceptors (Lipinski definition) is 6. The molecule has 0 amide bonds. The number of carbonyl (C=O) groups is 1. The van der Waals surface area contributed by atoms with Crippen molar-refractivity contribution in [3.63, 3.8) is 0 Å². The van der Waals surface area contributed by atoms with Crippen LogP contribution in [0, 0.1) is 22.7 Å². The minimum absolute atomic E-state index is 0.0816. The Morgan fingerprint density at radius 1 is 0.696 bits per heavy atom. The maximum absolute atomic E-state index is 14.4. The van der Waals surface area contributed by atoms with Crippen molar-refractivity contribution in [2.45, 2.75) is 0 Å². The van der Waals surface area contributed by atoms with Crippen LogP contribution in [-0.4, -0.2) is 10.8 Å². The summed E-state index contributed by atoms with van der Waals surface area (Å²) in [5, 5.41) is 26.9. The van der Waals surface area contributed by atoms with Gasteiger partial charge in [0.15, 0.2) is 5.78 Å². The Morgan fingerprint density at radius 3 is 2.04 bits per heavy atom. The molecule has 0 saturated heterocycles. The summed E-state index contributed by atoms with van der Waals surface area (Å²) < 4.78 is 0. The number of nitrogens with zero attached hydrogens (tertiary/aromatic N) is 4. The van der Waals surface area contributed by atoms with E-state index in [2.05, 4.69) is 52.4 Å². The van der Waals surface area contributed by atoms with E-state index in [0.717, 1.165) is 53.7 Å². The lowest BCUT2D eigenvalue weighted by atomic mass is 9.90. The van der Waals surface area contributed by atoms with Gasteiger partial charge in [-0.15, -0.1) is 11.3 Å². The van der Waals surface area contributed by atoms with Crippen LogP contribution in [0.2, 0.25) is 0 Å². The molecule has 0 N–H and O–H groups in total. The number of hydrogen-bond donors (Lipinski definition) is 0. The van der Waals surface area contributed by atoms with Crippen LogP contribution in [0.1, 0.15) is 20.8 Å². The highest BCUT2D eigenvalue weighted by atomic mass is 32.1. The molecule has 0 unspecified atom stereocenters. The molecule has 2 aromatic heterocycles. The molecule has 5 aromatic carbocycles. The van der Waals surface area contributed by atoms with Gasteiger partial charge in [0.05, 0.1) is 0 Å². The van der Waals surface area contributed by atoms with Crippen molar-refractivity contribution in [2.24, 2.45) is 0 Å². The first-order valence-corrected chi connectivity index (χ1v) is 15.5. The fourth-order valence-electron chi connectivity index (χ4n) is 6.41. The van der Waals surface area contributed by atoms with E-state index in [0.29, 0.717) is 22.3 Å². The van der Waals surface area contributed by atoms with Gasteiger partial charge in [-0.05, 0) is 74.8 Å². The smallest absolute Gasteiger partial charge is 0.195 e. The lowest BCUT2D eigenvalue weighted by molar-refractivity contribution is 0.104. The second kappa shape index (κ2) is 11.0. The Kier molecular flexibility index (Phi) is 6.50. The van der Waals surface area contributed by atoms with Gasteiger partial charge in [-0.25, -0.2) is 4.98 Å². The van der Waals surface area contributed by atoms with Gasteiger partial charge in [-0.1, -0.05) is 84.9 Å². The number of Topliss-reactive ketones (excluding diaryl/α,β-unsaturated/α-hetero) is 1. The first-order chi connectivity index (χ1) is 22.7. The van der Waals surface area contributed by atoms with E-state index < -0.39 is 0 Å². The van der Waals surface area contributed by atoms with E-state index in [4.69, 9.17) is 0 Å². The maximum atomic E-state index is 14.4. The molecule has 46 heavy (non-hydrogen) atoms. The van der Waals surface area contributed by atoms with E-state index in [1.807, 2.05) is 97.1 Å². The fourth-order valence-corrected chi connectivity index (χ4v) is 7.39. The SMILES string of the molecule is N#CC(C#N)=C1/C(=C\c2ccc(N(c3ccc4ccccc4c3)c3ccccn3)s2)C(=O)c2c1c1ccccc1c1ccccc21. The Balaban J connectivity index is 1.32. The molecule has 0 fully saturated rings. The summed E-state index contributed by atoms with van der Waals surface area (Å²) in [5.74, 6) is 0.568. The minimum Gasteiger partial charge on any atom is -0.289 e. The molecule has 0 aliphatic heterocycles. The Morgan fingerprint density at radius 2 is 1.35 bits per heavy atom. The molecule has 8 rings (SSSR count). The van der Waals surface area contributed by atoms with Crippen LogP contribution in [0.4, 0.5) is 16.5 Å². The minimum atomic E-state index is -0.194. The van der Waals surface area contributed by atoms with Crippen LogP contribution in [0.3, 0.4) is 0 Å². The van der Waals surface area contributed by atoms with Gasteiger partial charge < -0.3 is 0 Å². The monoisotopic (exact) mass is 606 g/mol. The average Bonchev–Trinajstić information content (AvgIpc) is 3.68. The Bertz CT molecular complexity index is 2510. The van der Waals surface area contributed by atoms with Crippen LogP contribution in [0.5, 0.6) is 0 Å². The largest absolute Gasteiger partial charge is 0.289 e. The molecule has 1 aliphatic rings. The topological polar surface area (TPSA) is 80.8 Å². The van der Waals surface area contributed by atoms with Crippen LogP contribution in [0.25, 0.3) is 44.0 Å². The molecule has 1 aliphatic carbocycles. The predicted molar refractivity (Wildman–Crippen MR) is 186 cm³/mol. The first-order valence-electron chi connectivity index (χ1n) is 14.7. The molecule has 6 heteroatoms. The molecular weight excluding hydrogens is 585 g/mol. The van der Waals surface area contributed by atoms with E-state index in [1.165, 1.54) is 11.3 Å². The number of pyridine rings is 1. The summed E-state index contributed by atoms with van der Waals surface area (Å²) in [6.45, 7) is 0. The summed E-state index contributed by atoms with van der Waals surface area (Å²) >= 11 is 1.51. The molecular formula is C40H22N4OS. The van der Waals surface area contributed by atoms with Gasteiger partial charge in [-0.3, -0.25) is 9.69 Å². The van der Waals surface area contributed by atoms with E-state index >= 15 is 0 Å². The number of benzene rings is 5. The molecule has 0 spiro atoms. The normalized spacial score (nSPS) is 13.2. The maximum Gasteiger partial charge on any atom is 0.195 e. The molecule has 2 heterocycles. The summed E-state index contributed by atoms with van der Waals surface area (Å²) in [7, 11) is 0.